The number of ether oxygens (including phenoxy) is 3. The molecule has 5 rings (SSSR count). The number of benzene rings is 2. The summed E-state index contributed by atoms with van der Waals surface area (Å²) in [6.07, 6.45) is 10.1. The fourth-order valence-corrected chi connectivity index (χ4v) is 5.27. The minimum Gasteiger partial charge on any atom is -0.497 e. The van der Waals surface area contributed by atoms with Crippen LogP contribution in [0.15, 0.2) is 54.9 Å². The van der Waals surface area contributed by atoms with Crippen LogP contribution in [-0.2, 0) is 9.53 Å². The lowest BCUT2D eigenvalue weighted by atomic mass is 9.88. The number of amides is 1. The highest BCUT2D eigenvalue weighted by Crippen LogP contribution is 2.36. The van der Waals surface area contributed by atoms with Crippen molar-refractivity contribution in [2.75, 3.05) is 38.7 Å². The molecule has 2 N–H and O–H groups in total. The number of allylic oxidation sites excluding steroid dienone is 3. The standard InChI is InChI=1S/C31H38N4O4/c1-5-32-31(36)26-8-6-23(14-20(26)2)35-19-34-30-27(33-18-22-10-12-38-13-11-22)16-25(17-28(30)35)39-29-9-7-24(37-4)15-21(29)3/h6-9,14-17,19-20,22,26,33H,5,10-13,18H2,1-4H3,(H,32,36). The number of hydrogen-bond acceptors (Lipinski definition) is 6. The highest BCUT2D eigenvalue weighted by atomic mass is 16.5. The molecule has 206 valence electrons. The van der Waals surface area contributed by atoms with Crippen molar-refractivity contribution in [2.24, 2.45) is 17.8 Å². The molecule has 8 heteroatoms. The number of fused-ring (bicyclic) bond motifs is 1. The van der Waals surface area contributed by atoms with Crippen LogP contribution in [0, 0.1) is 24.7 Å². The van der Waals surface area contributed by atoms with Gasteiger partial charge in [0.05, 0.1) is 24.2 Å². The van der Waals surface area contributed by atoms with Gasteiger partial charge in [0.25, 0.3) is 0 Å². The first kappa shape index (κ1) is 26.8. The van der Waals surface area contributed by atoms with Crippen molar-refractivity contribution in [3.63, 3.8) is 0 Å². The van der Waals surface area contributed by atoms with Crippen LogP contribution >= 0.6 is 0 Å². The van der Waals surface area contributed by atoms with Crippen LogP contribution in [0.1, 0.15) is 32.3 Å². The van der Waals surface area contributed by atoms with Gasteiger partial charge in [0.1, 0.15) is 29.1 Å². The summed E-state index contributed by atoms with van der Waals surface area (Å²) >= 11 is 0. The van der Waals surface area contributed by atoms with Crippen LogP contribution in [-0.4, -0.2) is 48.9 Å². The van der Waals surface area contributed by atoms with Gasteiger partial charge in [-0.2, -0.15) is 0 Å². The lowest BCUT2D eigenvalue weighted by molar-refractivity contribution is -0.124. The zero-order chi connectivity index (χ0) is 27.4. The van der Waals surface area contributed by atoms with E-state index in [9.17, 15) is 4.79 Å². The maximum Gasteiger partial charge on any atom is 0.227 e. The lowest BCUT2D eigenvalue weighted by Gasteiger charge is -2.23. The number of imidazole rings is 1. The van der Waals surface area contributed by atoms with Crippen LogP contribution in [0.4, 0.5) is 5.69 Å². The van der Waals surface area contributed by atoms with Crippen molar-refractivity contribution in [1.29, 1.82) is 0 Å². The Kier molecular flexibility index (Phi) is 8.21. The number of carbonyl (C=O) groups excluding carboxylic acids is 1. The van der Waals surface area contributed by atoms with E-state index in [4.69, 9.17) is 19.2 Å². The summed E-state index contributed by atoms with van der Waals surface area (Å²) in [5.41, 5.74) is 4.73. The number of aryl methyl sites for hydroxylation is 1. The second-order valence-corrected chi connectivity index (χ2v) is 10.4. The number of aromatic nitrogens is 2. The summed E-state index contributed by atoms with van der Waals surface area (Å²) in [7, 11) is 1.66. The van der Waals surface area contributed by atoms with Gasteiger partial charge in [0.15, 0.2) is 0 Å². The van der Waals surface area contributed by atoms with Crippen molar-refractivity contribution >= 4 is 28.3 Å². The minimum absolute atomic E-state index is 0.0529. The summed E-state index contributed by atoms with van der Waals surface area (Å²) in [4.78, 5) is 17.3. The molecule has 2 aromatic carbocycles. The summed E-state index contributed by atoms with van der Waals surface area (Å²) in [5, 5.41) is 6.59. The van der Waals surface area contributed by atoms with Crippen molar-refractivity contribution in [2.45, 2.75) is 33.6 Å². The molecular formula is C31H38N4O4. The Hall–Kier alpha value is -3.78. The number of methoxy groups -OCH3 is 1. The smallest absolute Gasteiger partial charge is 0.227 e. The molecule has 2 unspecified atom stereocenters. The molecular weight excluding hydrogens is 492 g/mol. The maximum absolute atomic E-state index is 12.5. The average Bonchev–Trinajstić information content (AvgIpc) is 3.37. The van der Waals surface area contributed by atoms with Crippen LogP contribution in [0.3, 0.4) is 0 Å². The second kappa shape index (κ2) is 11.9. The van der Waals surface area contributed by atoms with E-state index >= 15 is 0 Å². The van der Waals surface area contributed by atoms with Crippen molar-refractivity contribution in [3.05, 3.63) is 60.5 Å². The molecule has 0 spiro atoms. The van der Waals surface area contributed by atoms with Gasteiger partial charge in [-0.25, -0.2) is 4.98 Å². The number of nitrogens with zero attached hydrogens (tertiary/aromatic N) is 2. The normalized spacial score (nSPS) is 19.5. The van der Waals surface area contributed by atoms with Crippen LogP contribution in [0.25, 0.3) is 16.7 Å². The number of nitrogens with one attached hydrogen (secondary N) is 2. The highest BCUT2D eigenvalue weighted by molar-refractivity contribution is 5.93. The molecule has 2 heterocycles. The van der Waals surface area contributed by atoms with Gasteiger partial charge in [-0.3, -0.25) is 9.36 Å². The van der Waals surface area contributed by atoms with E-state index in [1.54, 1.807) is 7.11 Å². The van der Waals surface area contributed by atoms with Gasteiger partial charge in [0, 0.05) is 44.1 Å². The summed E-state index contributed by atoms with van der Waals surface area (Å²) in [6.45, 7) is 9.12. The molecule has 2 atom stereocenters. The van der Waals surface area contributed by atoms with Crippen molar-refractivity contribution < 1.29 is 19.0 Å². The number of rotatable bonds is 9. The van der Waals surface area contributed by atoms with Gasteiger partial charge in [-0.05, 0) is 68.4 Å². The van der Waals surface area contributed by atoms with Gasteiger partial charge in [-0.1, -0.05) is 19.1 Å². The Bertz CT molecular complexity index is 1390. The number of anilines is 1. The Balaban J connectivity index is 1.49. The van der Waals surface area contributed by atoms with Crippen LogP contribution < -0.4 is 20.1 Å². The highest BCUT2D eigenvalue weighted by Gasteiger charge is 2.25. The van der Waals surface area contributed by atoms with E-state index in [0.717, 1.165) is 77.8 Å². The predicted molar refractivity (Wildman–Crippen MR) is 154 cm³/mol. The molecule has 0 radical (unpaired) electrons. The van der Waals surface area contributed by atoms with E-state index in [1.165, 1.54) is 0 Å². The largest absolute Gasteiger partial charge is 0.497 e. The minimum atomic E-state index is -0.183. The third-order valence-corrected chi connectivity index (χ3v) is 7.56. The van der Waals surface area contributed by atoms with Gasteiger partial charge >= 0.3 is 0 Å². The molecule has 1 fully saturated rings. The van der Waals surface area contributed by atoms with Crippen LogP contribution in [0.5, 0.6) is 17.2 Å². The molecule has 1 amide bonds. The maximum atomic E-state index is 12.5. The van der Waals surface area contributed by atoms with Gasteiger partial charge in [-0.15, -0.1) is 0 Å². The molecule has 1 aromatic heterocycles. The van der Waals surface area contributed by atoms with E-state index in [0.29, 0.717) is 12.5 Å². The number of carbonyl (C=O) groups is 1. The first-order valence-corrected chi connectivity index (χ1v) is 13.8. The molecule has 8 nitrogen and oxygen atoms in total. The molecule has 2 aliphatic rings. The zero-order valence-corrected chi connectivity index (χ0v) is 23.2. The lowest BCUT2D eigenvalue weighted by Crippen LogP contribution is -2.33. The Morgan fingerprint density at radius 3 is 2.72 bits per heavy atom. The quantitative estimate of drug-likeness (QED) is 0.365. The molecule has 0 bridgehead atoms. The molecule has 39 heavy (non-hydrogen) atoms. The number of hydrogen-bond donors (Lipinski definition) is 2. The first-order valence-electron chi connectivity index (χ1n) is 13.8. The summed E-state index contributed by atoms with van der Waals surface area (Å²) in [6, 6.07) is 9.86. The summed E-state index contributed by atoms with van der Waals surface area (Å²) < 4.78 is 19.4. The Morgan fingerprint density at radius 1 is 1.18 bits per heavy atom. The van der Waals surface area contributed by atoms with E-state index < -0.39 is 0 Å². The average molecular weight is 531 g/mol. The third kappa shape index (κ3) is 5.96. The molecule has 1 aliphatic carbocycles. The van der Waals surface area contributed by atoms with E-state index in [1.807, 2.05) is 62.7 Å². The molecule has 0 saturated carbocycles. The third-order valence-electron chi connectivity index (χ3n) is 7.56. The monoisotopic (exact) mass is 530 g/mol. The van der Waals surface area contributed by atoms with E-state index in [2.05, 4.69) is 28.2 Å². The van der Waals surface area contributed by atoms with Crippen molar-refractivity contribution in [1.82, 2.24) is 14.9 Å². The fourth-order valence-electron chi connectivity index (χ4n) is 5.27. The fraction of sp³-hybridized carbons (Fsp3) is 0.419. The predicted octanol–water partition coefficient (Wildman–Crippen LogP) is 5.78. The Labute approximate surface area is 230 Å². The first-order chi connectivity index (χ1) is 19.0. The molecule has 3 aromatic rings. The van der Waals surface area contributed by atoms with Crippen molar-refractivity contribution in [3.8, 4) is 17.2 Å². The zero-order valence-electron chi connectivity index (χ0n) is 23.2. The van der Waals surface area contributed by atoms with Gasteiger partial charge in [0.2, 0.25) is 5.91 Å². The van der Waals surface area contributed by atoms with E-state index in [-0.39, 0.29) is 17.7 Å². The molecule has 1 saturated heterocycles. The summed E-state index contributed by atoms with van der Waals surface area (Å²) in [5.74, 6) is 2.77. The second-order valence-electron chi connectivity index (χ2n) is 10.4. The topological polar surface area (TPSA) is 86.6 Å². The molecule has 1 aliphatic heterocycles. The SMILES string of the molecule is CCNC(=O)C1C=CC(n2cnc3c(NCC4CCOCC4)cc(Oc4ccc(OC)cc4C)cc32)=CC1C. The van der Waals surface area contributed by atoms with Gasteiger partial charge < -0.3 is 24.8 Å². The van der Waals surface area contributed by atoms with Crippen LogP contribution in [0.2, 0.25) is 0 Å². The Morgan fingerprint density at radius 2 is 2.00 bits per heavy atom.